The average Bonchev–Trinajstić information content (AvgIpc) is 3.71. The standard InChI is InChI=1S/C64H40N8O8/c1-29-33-21-35-30(2)37-23-39-32(4)40-24-38-31(3)36-22-34(29)50-26-52(36)76-60-62(70-46-18-10-8-16-44(46)68-60)78-54(38)28-56(40)80-64-63(71-47-19-11-12-20-48(47)72-64)79-55(39)27-53(37)77-61-59(67-43-15-7-9-17-45(43)69-61)75-51(35)25-49(33)73-57-58(74-50)66-42-14-6-5-13-41(42)65-57/h5-32H,1-4H3. The van der Waals surface area contributed by atoms with Crippen LogP contribution in [0.2, 0.25) is 0 Å². The molecule has 384 valence electrons. The molecular weight excluding hydrogens is 1010 g/mol. The van der Waals surface area contributed by atoms with E-state index < -0.39 is 23.7 Å². The van der Waals surface area contributed by atoms with Gasteiger partial charge < -0.3 is 37.9 Å². The van der Waals surface area contributed by atoms with Crippen LogP contribution in [0.3, 0.4) is 0 Å². The fourth-order valence-corrected chi connectivity index (χ4v) is 11.7. The van der Waals surface area contributed by atoms with E-state index >= 15 is 0 Å². The van der Waals surface area contributed by atoms with Gasteiger partial charge in [-0.05, 0) is 72.8 Å². The zero-order valence-electron chi connectivity index (χ0n) is 43.0. The van der Waals surface area contributed by atoms with E-state index in [1.807, 2.05) is 121 Å². The first-order valence-corrected chi connectivity index (χ1v) is 26.4. The molecule has 1 aliphatic carbocycles. The summed E-state index contributed by atoms with van der Waals surface area (Å²) in [5.41, 5.74) is 11.5. The third kappa shape index (κ3) is 6.81. The fraction of sp³-hybridized carbons (Fsp3) is 0.125. The van der Waals surface area contributed by atoms with Crippen molar-refractivity contribution in [2.75, 3.05) is 0 Å². The van der Waals surface area contributed by atoms with E-state index in [-0.39, 0.29) is 47.0 Å². The molecule has 0 saturated heterocycles. The zero-order valence-corrected chi connectivity index (χ0v) is 43.0. The number of fused-ring (bicyclic) bond motifs is 8. The van der Waals surface area contributed by atoms with Gasteiger partial charge in [-0.15, -0.1) is 0 Å². The van der Waals surface area contributed by atoms with Crippen LogP contribution >= 0.6 is 0 Å². The molecule has 4 aliphatic heterocycles. The number of nitrogens with zero attached hydrogens (tertiary/aromatic N) is 8. The third-order valence-corrected chi connectivity index (χ3v) is 16.0. The molecule has 8 heterocycles. The number of benzene rings is 8. The molecule has 16 nitrogen and oxygen atoms in total. The lowest BCUT2D eigenvalue weighted by atomic mass is 9.80. The Morgan fingerprint density at radius 1 is 0.212 bits per heavy atom. The van der Waals surface area contributed by atoms with Crippen molar-refractivity contribution in [2.45, 2.75) is 51.4 Å². The predicted octanol–water partition coefficient (Wildman–Crippen LogP) is 16.0. The van der Waals surface area contributed by atoms with Crippen LogP contribution in [-0.4, -0.2) is 39.9 Å². The minimum atomic E-state index is -0.411. The monoisotopic (exact) mass is 1050 g/mol. The van der Waals surface area contributed by atoms with Crippen LogP contribution in [0.1, 0.15) is 95.9 Å². The second-order valence-electron chi connectivity index (χ2n) is 20.7. The van der Waals surface area contributed by atoms with Crippen molar-refractivity contribution in [1.29, 1.82) is 0 Å². The summed E-state index contributed by atoms with van der Waals surface area (Å²) in [6.45, 7) is 8.55. The summed E-state index contributed by atoms with van der Waals surface area (Å²) in [6.07, 6.45) is 0. The normalized spacial score (nSPS) is 17.6. The molecule has 16 heteroatoms. The Balaban J connectivity index is 1.01. The third-order valence-electron chi connectivity index (χ3n) is 16.0. The molecule has 0 unspecified atom stereocenters. The first-order chi connectivity index (χ1) is 39.2. The van der Waals surface area contributed by atoms with E-state index in [2.05, 4.69) is 52.0 Å². The van der Waals surface area contributed by atoms with Crippen molar-refractivity contribution < 1.29 is 37.9 Å². The second-order valence-corrected chi connectivity index (χ2v) is 20.7. The van der Waals surface area contributed by atoms with Crippen LogP contribution in [0.4, 0.5) is 0 Å². The Hall–Kier alpha value is -10.5. The first kappa shape index (κ1) is 44.6. The van der Waals surface area contributed by atoms with Gasteiger partial charge in [0.2, 0.25) is 0 Å². The van der Waals surface area contributed by atoms with Crippen LogP contribution in [0.15, 0.2) is 146 Å². The van der Waals surface area contributed by atoms with Gasteiger partial charge in [0.1, 0.15) is 46.0 Å². The van der Waals surface area contributed by atoms with Crippen LogP contribution in [0.5, 0.6) is 93.0 Å². The summed E-state index contributed by atoms with van der Waals surface area (Å²) < 4.78 is 56.4. The maximum atomic E-state index is 7.05. The van der Waals surface area contributed by atoms with Gasteiger partial charge in [0.05, 0.1) is 44.1 Å². The minimum Gasteiger partial charge on any atom is -0.434 e. The predicted molar refractivity (Wildman–Crippen MR) is 295 cm³/mol. The molecule has 17 rings (SSSR count). The molecule has 8 aromatic carbocycles. The molecule has 0 spiro atoms. The van der Waals surface area contributed by atoms with E-state index in [9.17, 15) is 0 Å². The van der Waals surface area contributed by atoms with Gasteiger partial charge in [-0.3, -0.25) is 0 Å². The summed E-state index contributed by atoms with van der Waals surface area (Å²) in [5, 5.41) is 0. The Labute approximate surface area is 454 Å². The van der Waals surface area contributed by atoms with Crippen LogP contribution in [0.25, 0.3) is 44.1 Å². The molecule has 0 atom stereocenters. The van der Waals surface area contributed by atoms with Gasteiger partial charge in [-0.2, -0.15) is 0 Å². The zero-order chi connectivity index (χ0) is 53.1. The summed E-state index contributed by atoms with van der Waals surface area (Å²) in [4.78, 5) is 40.4. The van der Waals surface area contributed by atoms with Gasteiger partial charge in [-0.1, -0.05) is 76.2 Å². The Morgan fingerprint density at radius 3 is 0.487 bits per heavy atom. The van der Waals surface area contributed by atoms with E-state index in [0.29, 0.717) is 90.1 Å². The molecule has 8 bridgehead atoms. The quantitative estimate of drug-likeness (QED) is 0.140. The fourth-order valence-electron chi connectivity index (χ4n) is 11.7. The summed E-state index contributed by atoms with van der Waals surface area (Å²) in [7, 11) is 0. The molecule has 4 aromatic heterocycles. The second kappa shape index (κ2) is 16.5. The van der Waals surface area contributed by atoms with Crippen LogP contribution in [0, 0.1) is 0 Å². The molecule has 80 heavy (non-hydrogen) atoms. The van der Waals surface area contributed by atoms with E-state index in [1.165, 1.54) is 0 Å². The van der Waals surface area contributed by atoms with E-state index in [1.54, 1.807) is 0 Å². The summed E-state index contributed by atoms with van der Waals surface area (Å²) in [6, 6.07) is 46.6. The van der Waals surface area contributed by atoms with E-state index in [4.69, 9.17) is 77.8 Å². The van der Waals surface area contributed by atoms with E-state index in [0.717, 1.165) is 44.5 Å². The van der Waals surface area contributed by atoms with Gasteiger partial charge in [0, 0.05) is 92.4 Å². The van der Waals surface area contributed by atoms with Crippen molar-refractivity contribution in [1.82, 2.24) is 39.9 Å². The highest BCUT2D eigenvalue weighted by Crippen LogP contribution is 2.57. The molecule has 5 aliphatic rings. The van der Waals surface area contributed by atoms with Crippen molar-refractivity contribution in [3.63, 3.8) is 0 Å². The molecule has 0 saturated carbocycles. The Bertz CT molecular complexity index is 3880. The molecule has 0 radical (unpaired) electrons. The highest BCUT2D eigenvalue weighted by atomic mass is 16.6. The van der Waals surface area contributed by atoms with Crippen molar-refractivity contribution in [3.8, 4) is 93.0 Å². The summed E-state index contributed by atoms with van der Waals surface area (Å²) >= 11 is 0. The van der Waals surface area contributed by atoms with Crippen LogP contribution < -0.4 is 37.9 Å². The van der Waals surface area contributed by atoms with Gasteiger partial charge >= 0.3 is 0 Å². The van der Waals surface area contributed by atoms with Gasteiger partial charge in [-0.25, -0.2) is 39.9 Å². The van der Waals surface area contributed by atoms with Gasteiger partial charge in [0.15, 0.2) is 0 Å². The Kier molecular flexibility index (Phi) is 9.21. The highest BCUT2D eigenvalue weighted by Gasteiger charge is 2.37. The lowest BCUT2D eigenvalue weighted by Crippen LogP contribution is -2.09. The minimum absolute atomic E-state index is 0.145. The van der Waals surface area contributed by atoms with Crippen molar-refractivity contribution >= 4 is 44.1 Å². The lowest BCUT2D eigenvalue weighted by Gasteiger charge is -2.27. The Morgan fingerprint density at radius 2 is 0.350 bits per heavy atom. The lowest BCUT2D eigenvalue weighted by molar-refractivity contribution is 0.377. The molecular formula is C64H40N8O8. The topological polar surface area (TPSA) is 177 Å². The number of para-hydroxylation sites is 8. The molecule has 12 aromatic rings. The SMILES string of the molecule is CC1c2cc3c4cc2Oc2nc5ccccc5nc2Oc2cc5c(cc21)C(C)c1cc2c(cc1Oc1nc6ccccc6nc1O5)Oc1nc5ccccc5nc1Oc1cc(c(cc1C2C)C3C)Oc1nc2ccccc2nc1O4. The van der Waals surface area contributed by atoms with Crippen molar-refractivity contribution in [2.24, 2.45) is 0 Å². The number of hydrogen-bond donors (Lipinski definition) is 0. The van der Waals surface area contributed by atoms with Crippen molar-refractivity contribution in [3.05, 3.63) is 190 Å². The number of hydrogen-bond acceptors (Lipinski definition) is 16. The largest absolute Gasteiger partial charge is 0.434 e. The molecule has 0 fully saturated rings. The van der Waals surface area contributed by atoms with Gasteiger partial charge in [0.25, 0.3) is 47.0 Å². The maximum absolute atomic E-state index is 7.05. The number of aromatic nitrogens is 8. The maximum Gasteiger partial charge on any atom is 0.284 e. The first-order valence-electron chi connectivity index (χ1n) is 26.4. The molecule has 0 N–H and O–H groups in total. The molecule has 0 amide bonds. The number of rotatable bonds is 0. The highest BCUT2D eigenvalue weighted by molar-refractivity contribution is 5.80. The van der Waals surface area contributed by atoms with Crippen LogP contribution in [-0.2, 0) is 0 Å². The number of ether oxygens (including phenoxy) is 8. The smallest absolute Gasteiger partial charge is 0.284 e. The average molecular weight is 1050 g/mol. The summed E-state index contributed by atoms with van der Waals surface area (Å²) in [5.74, 6) is 3.23.